The minimum Gasteiger partial charge on any atom is -0.454 e. The van der Waals surface area contributed by atoms with Crippen LogP contribution >= 0.6 is 0 Å². The van der Waals surface area contributed by atoms with Crippen molar-refractivity contribution in [3.63, 3.8) is 0 Å². The van der Waals surface area contributed by atoms with Crippen molar-refractivity contribution < 1.29 is 36.2 Å². The molecule has 0 saturated carbocycles. The molecular formula is C27H25F5N4O4. The number of hydrogen-bond donors (Lipinski definition) is 2. The summed E-state index contributed by atoms with van der Waals surface area (Å²) in [6, 6.07) is 5.48. The van der Waals surface area contributed by atoms with Crippen LogP contribution in [0.1, 0.15) is 29.8 Å². The normalized spacial score (nSPS) is 19.1. The van der Waals surface area contributed by atoms with Crippen LogP contribution in [0.25, 0.3) is 11.1 Å². The zero-order chi connectivity index (χ0) is 28.9. The number of rotatable bonds is 4. The molecule has 1 amide bonds. The second-order valence-electron chi connectivity index (χ2n) is 9.85. The molecule has 2 unspecified atom stereocenters. The molecule has 3 heterocycles. The second kappa shape index (κ2) is 10.1. The van der Waals surface area contributed by atoms with Crippen LogP contribution in [0.3, 0.4) is 0 Å². The molecule has 2 N–H and O–H groups in total. The number of hydrogen-bond acceptors (Lipinski definition) is 6. The third-order valence-corrected chi connectivity index (χ3v) is 7.27. The number of carbonyl (C=O) groups excluding carboxylic acids is 1. The highest BCUT2D eigenvalue weighted by atomic mass is 19.4. The minimum absolute atomic E-state index is 0.0300. The van der Waals surface area contributed by atoms with E-state index in [2.05, 4.69) is 10.2 Å². The highest BCUT2D eigenvalue weighted by Gasteiger charge is 2.37. The van der Waals surface area contributed by atoms with E-state index in [4.69, 9.17) is 9.47 Å². The van der Waals surface area contributed by atoms with Crippen LogP contribution in [0.2, 0.25) is 0 Å². The molecule has 8 nitrogen and oxygen atoms in total. The van der Waals surface area contributed by atoms with Crippen molar-refractivity contribution in [1.82, 2.24) is 9.88 Å². The third-order valence-electron chi connectivity index (χ3n) is 7.27. The topological polar surface area (TPSA) is 86.9 Å². The Balaban J connectivity index is 1.65. The summed E-state index contributed by atoms with van der Waals surface area (Å²) in [5, 5.41) is 2.24. The largest absolute Gasteiger partial charge is 0.454 e. The van der Waals surface area contributed by atoms with Gasteiger partial charge in [-0.05, 0) is 38.6 Å². The van der Waals surface area contributed by atoms with E-state index in [0.717, 1.165) is 6.07 Å². The summed E-state index contributed by atoms with van der Waals surface area (Å²) < 4.78 is 83.5. The summed E-state index contributed by atoms with van der Waals surface area (Å²) in [7, 11) is 1.91. The van der Waals surface area contributed by atoms with Crippen molar-refractivity contribution in [2.24, 2.45) is 0 Å². The van der Waals surface area contributed by atoms with E-state index >= 15 is 8.78 Å². The van der Waals surface area contributed by atoms with Gasteiger partial charge < -0.3 is 24.7 Å². The molecule has 1 saturated heterocycles. The van der Waals surface area contributed by atoms with Gasteiger partial charge in [-0.15, -0.1) is 0 Å². The average molecular weight is 565 g/mol. The number of ether oxygens (including phenoxy) is 2. The Morgan fingerprint density at radius 3 is 2.40 bits per heavy atom. The molecule has 0 bridgehead atoms. The lowest BCUT2D eigenvalue weighted by atomic mass is 10.00. The lowest BCUT2D eigenvalue weighted by Gasteiger charge is -2.44. The van der Waals surface area contributed by atoms with Crippen LogP contribution in [0.5, 0.6) is 11.5 Å². The van der Waals surface area contributed by atoms with Gasteiger partial charge in [-0.2, -0.15) is 13.2 Å². The Kier molecular flexibility index (Phi) is 6.94. The van der Waals surface area contributed by atoms with Gasteiger partial charge in [0.05, 0.1) is 22.4 Å². The molecule has 40 heavy (non-hydrogen) atoms. The zero-order valence-electron chi connectivity index (χ0n) is 21.7. The summed E-state index contributed by atoms with van der Waals surface area (Å²) in [5.74, 6) is -2.81. The number of likely N-dealkylation sites (N-methyl/N-ethyl adjacent to an activating group) is 1. The molecule has 0 aliphatic carbocycles. The van der Waals surface area contributed by atoms with E-state index in [0.29, 0.717) is 25.0 Å². The molecule has 2 aliphatic rings. The number of amides is 1. The van der Waals surface area contributed by atoms with Gasteiger partial charge in [-0.3, -0.25) is 14.5 Å². The van der Waals surface area contributed by atoms with Crippen molar-refractivity contribution in [3.8, 4) is 22.6 Å². The molecule has 3 aromatic rings. The van der Waals surface area contributed by atoms with Gasteiger partial charge in [0.25, 0.3) is 5.91 Å². The van der Waals surface area contributed by atoms with Gasteiger partial charge in [-0.25, -0.2) is 8.78 Å². The highest BCUT2D eigenvalue weighted by molar-refractivity contribution is 6.07. The fraction of sp³-hybridized carbons (Fsp3) is 0.333. The Morgan fingerprint density at radius 2 is 1.73 bits per heavy atom. The van der Waals surface area contributed by atoms with E-state index in [1.807, 2.05) is 25.9 Å². The quantitative estimate of drug-likeness (QED) is 0.441. The van der Waals surface area contributed by atoms with Gasteiger partial charge >= 0.3 is 6.18 Å². The molecule has 1 aromatic heterocycles. The molecule has 1 fully saturated rings. The Labute approximate surface area is 225 Å². The first-order valence-electron chi connectivity index (χ1n) is 12.3. The number of fused-ring (bicyclic) bond motifs is 1. The second-order valence-corrected chi connectivity index (χ2v) is 9.85. The van der Waals surface area contributed by atoms with E-state index in [-0.39, 0.29) is 41.9 Å². The lowest BCUT2D eigenvalue weighted by molar-refractivity contribution is -0.138. The van der Waals surface area contributed by atoms with Crippen molar-refractivity contribution in [2.75, 3.05) is 37.1 Å². The predicted octanol–water partition coefficient (Wildman–Crippen LogP) is 4.85. The van der Waals surface area contributed by atoms with Crippen molar-refractivity contribution in [1.29, 1.82) is 0 Å². The van der Waals surface area contributed by atoms with Crippen LogP contribution in [0.15, 0.2) is 41.3 Å². The number of aromatic amines is 1. The smallest absolute Gasteiger partial charge is 0.417 e. The number of aromatic nitrogens is 1. The number of H-pyrrole nitrogens is 1. The molecule has 5 rings (SSSR count). The van der Waals surface area contributed by atoms with Crippen molar-refractivity contribution >= 4 is 17.3 Å². The van der Waals surface area contributed by atoms with Crippen LogP contribution in [-0.2, 0) is 6.18 Å². The number of carbonyl (C=O) groups is 1. The maximum Gasteiger partial charge on any atom is 0.417 e. The van der Waals surface area contributed by atoms with Crippen LogP contribution in [0.4, 0.5) is 33.3 Å². The number of halogens is 5. The number of piperazine rings is 1. The number of pyridine rings is 1. The first-order chi connectivity index (χ1) is 18.8. The fourth-order valence-corrected chi connectivity index (χ4v) is 4.97. The third kappa shape index (κ3) is 4.96. The lowest BCUT2D eigenvalue weighted by Crippen LogP contribution is -2.55. The molecule has 2 aliphatic heterocycles. The monoisotopic (exact) mass is 564 g/mol. The van der Waals surface area contributed by atoms with Gasteiger partial charge in [0.1, 0.15) is 11.5 Å². The zero-order valence-corrected chi connectivity index (χ0v) is 21.7. The molecule has 2 atom stereocenters. The number of nitrogens with zero attached hydrogens (tertiary/aromatic N) is 2. The number of anilines is 2. The summed E-state index contributed by atoms with van der Waals surface area (Å²) in [5.41, 5.74) is -4.45. The van der Waals surface area contributed by atoms with E-state index in [1.54, 1.807) is 4.90 Å². The van der Waals surface area contributed by atoms with Gasteiger partial charge in [-0.1, -0.05) is 6.07 Å². The molecule has 0 radical (unpaired) electrons. The summed E-state index contributed by atoms with van der Waals surface area (Å²) in [6.07, 6.45) is -4.43. The van der Waals surface area contributed by atoms with E-state index in [1.165, 1.54) is 18.2 Å². The first-order valence-corrected chi connectivity index (χ1v) is 12.3. The Bertz CT molecular complexity index is 1530. The number of nitrogens with one attached hydrogen (secondary N) is 2. The van der Waals surface area contributed by atoms with Crippen LogP contribution < -0.4 is 25.2 Å². The first kappa shape index (κ1) is 27.4. The van der Waals surface area contributed by atoms with Gasteiger partial charge in [0.2, 0.25) is 12.4 Å². The maximum atomic E-state index is 16.3. The van der Waals surface area contributed by atoms with E-state index < -0.39 is 51.7 Å². The van der Waals surface area contributed by atoms with Crippen LogP contribution in [-0.4, -0.2) is 54.8 Å². The van der Waals surface area contributed by atoms with Gasteiger partial charge in [0.15, 0.2) is 17.3 Å². The standard InChI is InChI=1S/C27H25F5N4O4/c1-13-10-36(11-14(2)35(13)3)19-8-18(28)23(15-4-5-20-21(6-15)40-12-39-20)24(29)25(19)34-26(38)16-9-33-22(37)7-17(16)27(30,31)32/h4-9,13-14H,10-12H2,1-3H3,(H,33,37)(H,34,38). The van der Waals surface area contributed by atoms with E-state index in [9.17, 15) is 22.8 Å². The highest BCUT2D eigenvalue weighted by Crippen LogP contribution is 2.43. The minimum atomic E-state index is -5.04. The maximum absolute atomic E-state index is 16.3. The Hall–Kier alpha value is -4.13. The molecular weight excluding hydrogens is 539 g/mol. The summed E-state index contributed by atoms with van der Waals surface area (Å²) in [6.45, 7) is 4.44. The summed E-state index contributed by atoms with van der Waals surface area (Å²) in [4.78, 5) is 30.6. The predicted molar refractivity (Wildman–Crippen MR) is 137 cm³/mol. The molecule has 0 spiro atoms. The van der Waals surface area contributed by atoms with Gasteiger partial charge in [0, 0.05) is 43.5 Å². The molecule has 212 valence electrons. The van der Waals surface area contributed by atoms with Crippen molar-refractivity contribution in [2.45, 2.75) is 32.1 Å². The SMILES string of the molecule is CC1CN(c2cc(F)c(-c3ccc4c(c3)OCO4)c(F)c2NC(=O)c2c[nH]c(=O)cc2C(F)(F)F)CC(C)N1C. The number of alkyl halides is 3. The Morgan fingerprint density at radius 1 is 1.05 bits per heavy atom. The molecule has 13 heteroatoms. The number of benzene rings is 2. The molecule has 2 aromatic carbocycles. The average Bonchev–Trinajstić information content (AvgIpc) is 3.36. The fourth-order valence-electron chi connectivity index (χ4n) is 4.97. The van der Waals surface area contributed by atoms with Crippen LogP contribution in [0, 0.1) is 11.6 Å². The van der Waals surface area contributed by atoms with Crippen molar-refractivity contribution in [3.05, 3.63) is 69.6 Å². The summed E-state index contributed by atoms with van der Waals surface area (Å²) >= 11 is 0.